The first-order valence-corrected chi connectivity index (χ1v) is 8.47. The lowest BCUT2D eigenvalue weighted by atomic mass is 9.92. The van der Waals surface area contributed by atoms with Gasteiger partial charge in [-0.25, -0.2) is 4.99 Å². The first-order chi connectivity index (χ1) is 10.5. The van der Waals surface area contributed by atoms with Gasteiger partial charge in [0, 0.05) is 15.6 Å². The van der Waals surface area contributed by atoms with E-state index in [0.717, 1.165) is 26.3 Å². The van der Waals surface area contributed by atoms with Gasteiger partial charge in [0.2, 0.25) is 0 Å². The number of benzene rings is 2. The zero-order chi connectivity index (χ0) is 15.7. The summed E-state index contributed by atoms with van der Waals surface area (Å²) in [5, 5.41) is 3.47. The number of thiocarbonyl (C=S) groups is 1. The van der Waals surface area contributed by atoms with Crippen molar-refractivity contribution in [1.29, 1.82) is 0 Å². The molecule has 0 amide bonds. The molecule has 0 radical (unpaired) electrons. The maximum Gasteiger partial charge on any atom is 0.182 e. The fourth-order valence-electron chi connectivity index (χ4n) is 2.71. The summed E-state index contributed by atoms with van der Waals surface area (Å²) in [5.41, 5.74) is 2.48. The number of hydrogen-bond acceptors (Lipinski definition) is 2. The van der Waals surface area contributed by atoms with E-state index in [1.807, 2.05) is 30.3 Å². The van der Waals surface area contributed by atoms with E-state index in [4.69, 9.17) is 17.2 Å². The molecule has 0 spiro atoms. The number of nitrogens with zero attached hydrogens (tertiary/aromatic N) is 1. The van der Waals surface area contributed by atoms with Crippen molar-refractivity contribution in [1.82, 2.24) is 5.32 Å². The Bertz CT molecular complexity index is 740. The third-order valence-corrected chi connectivity index (χ3v) is 4.60. The fourth-order valence-corrected chi connectivity index (χ4v) is 3.54. The van der Waals surface area contributed by atoms with Gasteiger partial charge in [-0.3, -0.25) is 0 Å². The summed E-state index contributed by atoms with van der Waals surface area (Å²) in [4.78, 5) is 5.76. The molecule has 1 atom stereocenters. The Morgan fingerprint density at radius 2 is 1.73 bits per heavy atom. The number of rotatable bonds is 3. The van der Waals surface area contributed by atoms with Crippen LogP contribution in [0.25, 0.3) is 0 Å². The molecule has 1 unspecified atom stereocenters. The summed E-state index contributed by atoms with van der Waals surface area (Å²) in [6.45, 7) is 4.24. The molecule has 1 aliphatic rings. The van der Waals surface area contributed by atoms with Crippen LogP contribution in [0.1, 0.15) is 25.0 Å². The Morgan fingerprint density at radius 1 is 1.05 bits per heavy atom. The Kier molecular flexibility index (Phi) is 4.15. The molecule has 1 N–H and O–H groups in total. The average molecular weight is 373 g/mol. The highest BCUT2D eigenvalue weighted by Crippen LogP contribution is 2.36. The van der Waals surface area contributed by atoms with Crippen molar-refractivity contribution in [2.45, 2.75) is 19.5 Å². The first kappa shape index (κ1) is 15.4. The number of halogens is 1. The highest BCUT2D eigenvalue weighted by molar-refractivity contribution is 9.10. The van der Waals surface area contributed by atoms with Crippen molar-refractivity contribution in [2.75, 3.05) is 0 Å². The molecule has 2 aromatic carbocycles. The summed E-state index contributed by atoms with van der Waals surface area (Å²) in [7, 11) is 0. The predicted octanol–water partition coefficient (Wildman–Crippen LogP) is 4.68. The zero-order valence-electron chi connectivity index (χ0n) is 12.5. The summed E-state index contributed by atoms with van der Waals surface area (Å²) in [5.74, 6) is 0.290. The van der Waals surface area contributed by atoms with Gasteiger partial charge in [-0.2, -0.15) is 0 Å². The summed E-state index contributed by atoms with van der Waals surface area (Å²) in [6, 6.07) is 18.5. The van der Waals surface area contributed by atoms with E-state index >= 15 is 0 Å². The molecule has 0 fully saturated rings. The molecule has 2 nitrogen and oxygen atoms in total. The molecule has 0 aliphatic carbocycles. The van der Waals surface area contributed by atoms with Crippen LogP contribution in [-0.4, -0.2) is 10.7 Å². The molecule has 0 saturated heterocycles. The number of hydrogen-bond donors (Lipinski definition) is 1. The van der Waals surface area contributed by atoms with E-state index in [1.54, 1.807) is 0 Å². The van der Waals surface area contributed by atoms with Crippen LogP contribution in [0.2, 0.25) is 0 Å². The van der Waals surface area contributed by atoms with E-state index in [1.165, 1.54) is 0 Å². The van der Waals surface area contributed by atoms with Crippen LogP contribution >= 0.6 is 28.1 Å². The van der Waals surface area contributed by atoms with E-state index in [2.05, 4.69) is 59.4 Å². The summed E-state index contributed by atoms with van der Waals surface area (Å²) < 4.78 is 1.03. The van der Waals surface area contributed by atoms with Crippen LogP contribution in [0.4, 0.5) is 0 Å². The maximum atomic E-state index is 5.54. The molecule has 112 valence electrons. The monoisotopic (exact) mass is 372 g/mol. The van der Waals surface area contributed by atoms with Gasteiger partial charge in [-0.15, -0.1) is 0 Å². The SMILES string of the molecule is CC(C)C1=NC(c2ccccc2)(c2cccc(Br)c2)NC1=S. The Morgan fingerprint density at radius 3 is 2.32 bits per heavy atom. The average Bonchev–Trinajstić information content (AvgIpc) is 2.87. The van der Waals surface area contributed by atoms with E-state index in [0.29, 0.717) is 0 Å². The fraction of sp³-hybridized carbons (Fsp3) is 0.222. The minimum Gasteiger partial charge on any atom is -0.343 e. The van der Waals surface area contributed by atoms with Gasteiger partial charge in [0.25, 0.3) is 0 Å². The molecule has 1 heterocycles. The van der Waals surface area contributed by atoms with Gasteiger partial charge in [0.05, 0.1) is 5.71 Å². The molecule has 22 heavy (non-hydrogen) atoms. The zero-order valence-corrected chi connectivity index (χ0v) is 14.9. The second-order valence-electron chi connectivity index (χ2n) is 5.69. The molecule has 2 aromatic rings. The predicted molar refractivity (Wildman–Crippen MR) is 99.4 cm³/mol. The number of nitrogens with one attached hydrogen (secondary N) is 1. The topological polar surface area (TPSA) is 24.4 Å². The minimum absolute atomic E-state index is 0.290. The smallest absolute Gasteiger partial charge is 0.182 e. The maximum absolute atomic E-state index is 5.54. The molecule has 4 heteroatoms. The molecule has 1 aliphatic heterocycles. The molecule has 0 aromatic heterocycles. The van der Waals surface area contributed by atoms with Gasteiger partial charge >= 0.3 is 0 Å². The van der Waals surface area contributed by atoms with Crippen molar-refractivity contribution in [3.63, 3.8) is 0 Å². The molecular weight excluding hydrogens is 356 g/mol. The third kappa shape index (κ3) is 2.61. The van der Waals surface area contributed by atoms with Crippen LogP contribution in [0.3, 0.4) is 0 Å². The van der Waals surface area contributed by atoms with Crippen LogP contribution in [0, 0.1) is 5.92 Å². The van der Waals surface area contributed by atoms with Crippen LogP contribution in [0.15, 0.2) is 64.1 Å². The molecule has 3 rings (SSSR count). The standard InChI is InChI=1S/C18H17BrN2S/c1-12(2)16-17(22)21-18(20-16,13-7-4-3-5-8-13)14-9-6-10-15(19)11-14/h3-12H,1-2H3,(H,21,22). The van der Waals surface area contributed by atoms with Gasteiger partial charge in [0.1, 0.15) is 4.99 Å². The Labute approximate surface area is 144 Å². The Balaban J connectivity index is 2.23. The van der Waals surface area contributed by atoms with Gasteiger partial charge in [0.15, 0.2) is 5.66 Å². The highest BCUT2D eigenvalue weighted by Gasteiger charge is 2.41. The van der Waals surface area contributed by atoms with Crippen molar-refractivity contribution in [3.8, 4) is 0 Å². The van der Waals surface area contributed by atoms with Gasteiger partial charge in [-0.1, -0.05) is 84.5 Å². The van der Waals surface area contributed by atoms with Crippen molar-refractivity contribution in [3.05, 3.63) is 70.2 Å². The van der Waals surface area contributed by atoms with Gasteiger partial charge in [-0.05, 0) is 18.1 Å². The normalized spacial score (nSPS) is 20.9. The van der Waals surface area contributed by atoms with Crippen LogP contribution in [0.5, 0.6) is 0 Å². The minimum atomic E-state index is -0.637. The van der Waals surface area contributed by atoms with Crippen molar-refractivity contribution < 1.29 is 0 Å². The third-order valence-electron chi connectivity index (χ3n) is 3.80. The molecular formula is C18H17BrN2S. The van der Waals surface area contributed by atoms with Crippen molar-refractivity contribution >= 4 is 38.8 Å². The molecule has 0 bridgehead atoms. The second kappa shape index (κ2) is 5.94. The van der Waals surface area contributed by atoms with E-state index in [-0.39, 0.29) is 5.92 Å². The largest absolute Gasteiger partial charge is 0.343 e. The van der Waals surface area contributed by atoms with Crippen LogP contribution < -0.4 is 5.32 Å². The Hall–Kier alpha value is -1.52. The van der Waals surface area contributed by atoms with Gasteiger partial charge < -0.3 is 5.32 Å². The lowest BCUT2D eigenvalue weighted by Gasteiger charge is -2.28. The van der Waals surface area contributed by atoms with E-state index < -0.39 is 5.66 Å². The lowest BCUT2D eigenvalue weighted by Crippen LogP contribution is -2.40. The van der Waals surface area contributed by atoms with Crippen LogP contribution in [-0.2, 0) is 5.66 Å². The first-order valence-electron chi connectivity index (χ1n) is 7.27. The lowest BCUT2D eigenvalue weighted by molar-refractivity contribution is 0.523. The second-order valence-corrected chi connectivity index (χ2v) is 7.02. The van der Waals surface area contributed by atoms with E-state index in [9.17, 15) is 0 Å². The highest BCUT2D eigenvalue weighted by atomic mass is 79.9. The summed E-state index contributed by atoms with van der Waals surface area (Å²) >= 11 is 9.10. The number of aliphatic imine (C=N–C) groups is 1. The molecule has 0 saturated carbocycles. The van der Waals surface area contributed by atoms with Crippen molar-refractivity contribution in [2.24, 2.45) is 10.9 Å². The summed E-state index contributed by atoms with van der Waals surface area (Å²) in [6.07, 6.45) is 0. The quantitative estimate of drug-likeness (QED) is 0.791.